The minimum Gasteiger partial charge on any atom is -0.396 e. The number of amides is 1. The molecule has 0 aliphatic rings. The highest BCUT2D eigenvalue weighted by Gasteiger charge is 2.04. The van der Waals surface area contributed by atoms with Gasteiger partial charge in [0, 0.05) is 13.2 Å². The highest BCUT2D eigenvalue weighted by molar-refractivity contribution is 7.12. The molecule has 3 nitrogen and oxygen atoms in total. The molecule has 0 radical (unpaired) electrons. The molecule has 0 aliphatic heterocycles. The van der Waals surface area contributed by atoms with Gasteiger partial charge < -0.3 is 10.4 Å². The summed E-state index contributed by atoms with van der Waals surface area (Å²) in [5, 5.41) is 13.3. The summed E-state index contributed by atoms with van der Waals surface area (Å²) in [4.78, 5) is 12.2. The van der Waals surface area contributed by atoms with Crippen molar-refractivity contribution >= 4 is 17.2 Å². The van der Waals surface area contributed by atoms with E-state index in [0.29, 0.717) is 0 Å². The Bertz CT molecular complexity index is 272. The van der Waals surface area contributed by atoms with Gasteiger partial charge in [0.25, 0.3) is 5.91 Å². The first-order valence-corrected chi connectivity index (χ1v) is 6.15. The van der Waals surface area contributed by atoms with Gasteiger partial charge in [0.1, 0.15) is 0 Å². The molecule has 0 bridgehead atoms. The first-order valence-electron chi connectivity index (χ1n) is 5.27. The minimum absolute atomic E-state index is 0.0205. The van der Waals surface area contributed by atoms with Crippen molar-refractivity contribution < 1.29 is 9.90 Å². The first-order chi connectivity index (χ1) is 7.34. The van der Waals surface area contributed by atoms with Gasteiger partial charge >= 0.3 is 0 Å². The van der Waals surface area contributed by atoms with Crippen molar-refractivity contribution in [3.05, 3.63) is 22.4 Å². The molecule has 1 rings (SSSR count). The summed E-state index contributed by atoms with van der Waals surface area (Å²) < 4.78 is 0. The molecule has 1 heterocycles. The predicted molar refractivity (Wildman–Crippen MR) is 62.2 cm³/mol. The Labute approximate surface area is 94.1 Å². The third kappa shape index (κ3) is 4.95. The van der Waals surface area contributed by atoms with Gasteiger partial charge in [-0.3, -0.25) is 4.79 Å². The van der Waals surface area contributed by atoms with Crippen molar-refractivity contribution in [2.75, 3.05) is 13.2 Å². The molecule has 0 atom stereocenters. The zero-order valence-electron chi connectivity index (χ0n) is 8.74. The second-order valence-corrected chi connectivity index (χ2v) is 4.32. The zero-order chi connectivity index (χ0) is 10.9. The van der Waals surface area contributed by atoms with E-state index in [1.165, 1.54) is 11.3 Å². The number of nitrogens with one attached hydrogen (secondary N) is 1. The molecule has 0 fully saturated rings. The molecule has 2 N–H and O–H groups in total. The Morgan fingerprint density at radius 3 is 2.80 bits per heavy atom. The molecule has 1 aromatic rings. The van der Waals surface area contributed by atoms with Crippen LogP contribution in [-0.2, 0) is 0 Å². The van der Waals surface area contributed by atoms with E-state index in [-0.39, 0.29) is 12.5 Å². The number of rotatable bonds is 7. The van der Waals surface area contributed by atoms with Gasteiger partial charge in [-0.1, -0.05) is 18.9 Å². The largest absolute Gasteiger partial charge is 0.396 e. The van der Waals surface area contributed by atoms with E-state index in [1.54, 1.807) is 0 Å². The molecule has 1 aromatic heterocycles. The van der Waals surface area contributed by atoms with E-state index >= 15 is 0 Å². The molecule has 84 valence electrons. The Kier molecular flexibility index (Phi) is 6.04. The maximum atomic E-state index is 11.5. The Hall–Kier alpha value is -0.870. The third-order valence-electron chi connectivity index (χ3n) is 2.12. The van der Waals surface area contributed by atoms with Crippen LogP contribution in [0.25, 0.3) is 0 Å². The maximum absolute atomic E-state index is 11.5. The number of hydrogen-bond acceptors (Lipinski definition) is 3. The fourth-order valence-corrected chi connectivity index (χ4v) is 1.93. The van der Waals surface area contributed by atoms with Crippen molar-refractivity contribution in [1.82, 2.24) is 5.32 Å². The second-order valence-electron chi connectivity index (χ2n) is 3.37. The van der Waals surface area contributed by atoms with E-state index in [4.69, 9.17) is 5.11 Å². The van der Waals surface area contributed by atoms with Gasteiger partial charge in [-0.2, -0.15) is 0 Å². The molecular weight excluding hydrogens is 210 g/mol. The van der Waals surface area contributed by atoms with Gasteiger partial charge in [0.05, 0.1) is 4.88 Å². The highest BCUT2D eigenvalue weighted by atomic mass is 32.1. The smallest absolute Gasteiger partial charge is 0.261 e. The number of carbonyl (C=O) groups excluding carboxylic acids is 1. The summed E-state index contributed by atoms with van der Waals surface area (Å²) in [5.41, 5.74) is 0. The molecular formula is C11H17NO2S. The standard InChI is InChI=1S/C11H17NO2S/c13-8-4-2-1-3-7-12-11(14)10-6-5-9-15-10/h5-6,9,13H,1-4,7-8H2,(H,12,14). The number of aliphatic hydroxyl groups excluding tert-OH is 1. The van der Waals surface area contributed by atoms with E-state index in [1.807, 2.05) is 17.5 Å². The lowest BCUT2D eigenvalue weighted by atomic mass is 10.2. The molecule has 0 spiro atoms. The van der Waals surface area contributed by atoms with E-state index in [9.17, 15) is 4.79 Å². The molecule has 0 saturated carbocycles. The topological polar surface area (TPSA) is 49.3 Å². The van der Waals surface area contributed by atoms with Gasteiger partial charge in [0.2, 0.25) is 0 Å². The van der Waals surface area contributed by atoms with Crippen LogP contribution >= 0.6 is 11.3 Å². The summed E-state index contributed by atoms with van der Waals surface area (Å²) in [6.45, 7) is 0.990. The van der Waals surface area contributed by atoms with Crippen LogP contribution in [0.3, 0.4) is 0 Å². The number of unbranched alkanes of at least 4 members (excludes halogenated alkanes) is 3. The number of hydrogen-bond donors (Lipinski definition) is 2. The van der Waals surface area contributed by atoms with Crippen LogP contribution in [0.4, 0.5) is 0 Å². The van der Waals surface area contributed by atoms with E-state index < -0.39 is 0 Å². The zero-order valence-corrected chi connectivity index (χ0v) is 9.55. The summed E-state index contributed by atoms with van der Waals surface area (Å²) in [6.07, 6.45) is 3.94. The second kappa shape index (κ2) is 7.43. The molecule has 0 aliphatic carbocycles. The number of thiophene rings is 1. The molecule has 0 unspecified atom stereocenters. The van der Waals surface area contributed by atoms with Crippen LogP contribution in [-0.4, -0.2) is 24.2 Å². The number of carbonyl (C=O) groups is 1. The average molecular weight is 227 g/mol. The van der Waals surface area contributed by atoms with Crippen molar-refractivity contribution in [2.45, 2.75) is 25.7 Å². The monoisotopic (exact) mass is 227 g/mol. The van der Waals surface area contributed by atoms with Gasteiger partial charge in [0.15, 0.2) is 0 Å². The maximum Gasteiger partial charge on any atom is 0.261 e. The molecule has 1 amide bonds. The van der Waals surface area contributed by atoms with Gasteiger partial charge in [-0.15, -0.1) is 11.3 Å². The molecule has 15 heavy (non-hydrogen) atoms. The fourth-order valence-electron chi connectivity index (χ4n) is 1.29. The average Bonchev–Trinajstić information content (AvgIpc) is 2.76. The van der Waals surface area contributed by atoms with Crippen LogP contribution < -0.4 is 5.32 Å². The Morgan fingerprint density at radius 1 is 1.33 bits per heavy atom. The Morgan fingerprint density at radius 2 is 2.13 bits per heavy atom. The van der Waals surface area contributed by atoms with Crippen molar-refractivity contribution in [2.24, 2.45) is 0 Å². The molecule has 4 heteroatoms. The summed E-state index contributed by atoms with van der Waals surface area (Å²) in [6, 6.07) is 3.70. The van der Waals surface area contributed by atoms with Gasteiger partial charge in [-0.05, 0) is 24.3 Å². The quantitative estimate of drug-likeness (QED) is 0.700. The summed E-state index contributed by atoms with van der Waals surface area (Å²) in [5.74, 6) is 0.0205. The fraction of sp³-hybridized carbons (Fsp3) is 0.545. The summed E-state index contributed by atoms with van der Waals surface area (Å²) >= 11 is 1.46. The van der Waals surface area contributed by atoms with Crippen molar-refractivity contribution in [1.29, 1.82) is 0 Å². The van der Waals surface area contributed by atoms with Crippen LogP contribution in [0.5, 0.6) is 0 Å². The highest BCUT2D eigenvalue weighted by Crippen LogP contribution is 2.07. The third-order valence-corrected chi connectivity index (χ3v) is 2.98. The molecule has 0 aromatic carbocycles. The normalized spacial score (nSPS) is 10.2. The van der Waals surface area contributed by atoms with E-state index in [2.05, 4.69) is 5.32 Å². The SMILES string of the molecule is O=C(NCCCCCCO)c1cccs1. The van der Waals surface area contributed by atoms with Gasteiger partial charge in [-0.25, -0.2) is 0 Å². The Balaban J connectivity index is 2.03. The van der Waals surface area contributed by atoms with Crippen LogP contribution in [0, 0.1) is 0 Å². The predicted octanol–water partition coefficient (Wildman–Crippen LogP) is 2.03. The lowest BCUT2D eigenvalue weighted by Gasteiger charge is -2.02. The van der Waals surface area contributed by atoms with Crippen LogP contribution in [0.2, 0.25) is 0 Å². The first kappa shape index (κ1) is 12.2. The summed E-state index contributed by atoms with van der Waals surface area (Å²) in [7, 11) is 0. The van der Waals surface area contributed by atoms with Crippen molar-refractivity contribution in [3.63, 3.8) is 0 Å². The van der Waals surface area contributed by atoms with Crippen molar-refractivity contribution in [3.8, 4) is 0 Å². The molecule has 0 saturated heterocycles. The van der Waals surface area contributed by atoms with E-state index in [0.717, 1.165) is 37.1 Å². The minimum atomic E-state index is 0.0205. The lowest BCUT2D eigenvalue weighted by Crippen LogP contribution is -2.23. The van der Waals surface area contributed by atoms with Crippen LogP contribution in [0.1, 0.15) is 35.4 Å². The lowest BCUT2D eigenvalue weighted by molar-refractivity contribution is 0.0957. The number of aliphatic hydroxyl groups is 1. The van der Waals surface area contributed by atoms with Crippen LogP contribution in [0.15, 0.2) is 17.5 Å².